The van der Waals surface area contributed by atoms with Gasteiger partial charge in [-0.25, -0.2) is 4.79 Å². The predicted molar refractivity (Wildman–Crippen MR) is 74.0 cm³/mol. The molecule has 3 unspecified atom stereocenters. The normalized spacial score (nSPS) is 17.0. The van der Waals surface area contributed by atoms with Crippen molar-refractivity contribution in [3.63, 3.8) is 0 Å². The van der Waals surface area contributed by atoms with Crippen LogP contribution in [0, 0.1) is 0 Å². The van der Waals surface area contributed by atoms with E-state index in [9.17, 15) is 20.1 Å². The van der Waals surface area contributed by atoms with Gasteiger partial charge in [0.1, 0.15) is 18.4 Å². The number of aliphatic hydroxyl groups is 3. The zero-order chi connectivity index (χ0) is 16.0. The van der Waals surface area contributed by atoms with Gasteiger partial charge < -0.3 is 24.8 Å². The van der Waals surface area contributed by atoms with Crippen molar-refractivity contribution in [1.29, 1.82) is 0 Å². The van der Waals surface area contributed by atoms with E-state index in [4.69, 9.17) is 9.47 Å². The number of hydrogen-bond donors (Lipinski definition) is 3. The molecule has 4 atom stereocenters. The molecule has 0 aromatic carbocycles. The van der Waals surface area contributed by atoms with Gasteiger partial charge in [-0.3, -0.25) is 4.57 Å². The molecule has 8 heteroatoms. The second-order valence-electron chi connectivity index (χ2n) is 4.58. The van der Waals surface area contributed by atoms with E-state index in [1.807, 2.05) is 0 Å². The molecule has 0 fully saturated rings. The summed E-state index contributed by atoms with van der Waals surface area (Å²) in [6, 6.07) is 1.52. The Labute approximate surface area is 122 Å². The van der Waals surface area contributed by atoms with Crippen molar-refractivity contribution < 1.29 is 24.8 Å². The lowest BCUT2D eigenvalue weighted by Crippen LogP contribution is -2.42. The first-order chi connectivity index (χ1) is 9.90. The first-order valence-electron chi connectivity index (χ1n) is 6.75. The van der Waals surface area contributed by atoms with Crippen LogP contribution in [-0.4, -0.2) is 56.4 Å². The molecule has 8 nitrogen and oxygen atoms in total. The topological polar surface area (TPSA) is 114 Å². The molecule has 0 radical (unpaired) electrons. The van der Waals surface area contributed by atoms with Gasteiger partial charge in [0.2, 0.25) is 5.88 Å². The average molecular weight is 302 g/mol. The predicted octanol–water partition coefficient (Wildman–Crippen LogP) is -0.720. The van der Waals surface area contributed by atoms with Crippen LogP contribution in [0.5, 0.6) is 5.88 Å². The molecule has 1 aromatic heterocycles. The van der Waals surface area contributed by atoms with Crippen LogP contribution in [0.1, 0.15) is 27.0 Å². The van der Waals surface area contributed by atoms with Crippen LogP contribution in [-0.2, 0) is 4.74 Å². The van der Waals surface area contributed by atoms with Gasteiger partial charge >= 0.3 is 5.69 Å². The highest BCUT2D eigenvalue weighted by molar-refractivity contribution is 5.05. The van der Waals surface area contributed by atoms with Crippen LogP contribution >= 0.6 is 0 Å². The molecular weight excluding hydrogens is 280 g/mol. The van der Waals surface area contributed by atoms with Gasteiger partial charge in [-0.1, -0.05) is 0 Å². The molecule has 0 aliphatic heterocycles. The summed E-state index contributed by atoms with van der Waals surface area (Å²) in [6.45, 7) is 4.64. The molecule has 0 saturated carbocycles. The Morgan fingerprint density at radius 1 is 1.38 bits per heavy atom. The second-order valence-corrected chi connectivity index (χ2v) is 4.58. The molecule has 0 spiro atoms. The summed E-state index contributed by atoms with van der Waals surface area (Å²) in [4.78, 5) is 15.6. The largest absolute Gasteiger partial charge is 0.478 e. The number of hydrogen-bond acceptors (Lipinski definition) is 7. The van der Waals surface area contributed by atoms with Gasteiger partial charge in [-0.15, -0.1) is 0 Å². The van der Waals surface area contributed by atoms with Gasteiger partial charge in [-0.2, -0.15) is 4.98 Å². The first-order valence-corrected chi connectivity index (χ1v) is 6.75. The monoisotopic (exact) mass is 302 g/mol. The van der Waals surface area contributed by atoms with Crippen LogP contribution in [0.3, 0.4) is 0 Å². The summed E-state index contributed by atoms with van der Waals surface area (Å²) in [5.74, 6) is 0.216. The maximum atomic E-state index is 11.8. The van der Waals surface area contributed by atoms with E-state index >= 15 is 0 Å². The molecule has 120 valence electrons. The zero-order valence-corrected chi connectivity index (χ0v) is 12.3. The van der Waals surface area contributed by atoms with Gasteiger partial charge in [0.15, 0.2) is 0 Å². The lowest BCUT2D eigenvalue weighted by atomic mass is 10.1. The minimum atomic E-state index is -1.26. The molecule has 1 heterocycles. The Morgan fingerprint density at radius 2 is 2.05 bits per heavy atom. The Morgan fingerprint density at radius 3 is 2.52 bits per heavy atom. The molecule has 0 amide bonds. The van der Waals surface area contributed by atoms with Gasteiger partial charge in [0, 0.05) is 12.3 Å². The summed E-state index contributed by atoms with van der Waals surface area (Å²) in [5, 5.41) is 28.2. The van der Waals surface area contributed by atoms with Crippen molar-refractivity contribution >= 4 is 0 Å². The summed E-state index contributed by atoms with van der Waals surface area (Å²) in [6.07, 6.45) is -2.66. The molecule has 0 saturated heterocycles. The Hall–Kier alpha value is -1.48. The SMILES string of the molecule is CCOc1ccn(C(C)O[C@H](CO)C(O)C(C)O)c(=O)n1. The second kappa shape index (κ2) is 8.08. The highest BCUT2D eigenvalue weighted by Gasteiger charge is 2.26. The number of rotatable bonds is 8. The van der Waals surface area contributed by atoms with Gasteiger partial charge in [0.25, 0.3) is 0 Å². The Kier molecular flexibility index (Phi) is 6.76. The number of ether oxygens (including phenoxy) is 2. The molecule has 3 N–H and O–H groups in total. The third-order valence-electron chi connectivity index (χ3n) is 2.92. The van der Waals surface area contributed by atoms with Crippen LogP contribution in [0.25, 0.3) is 0 Å². The summed E-state index contributed by atoms with van der Waals surface area (Å²) in [7, 11) is 0. The third kappa shape index (κ3) is 4.78. The lowest BCUT2D eigenvalue weighted by molar-refractivity contribution is -0.142. The molecule has 0 bridgehead atoms. The van der Waals surface area contributed by atoms with E-state index in [2.05, 4.69) is 4.98 Å². The molecule has 1 rings (SSSR count). The smallest absolute Gasteiger partial charge is 0.352 e. The maximum Gasteiger partial charge on any atom is 0.352 e. The van der Waals surface area contributed by atoms with E-state index in [0.717, 1.165) is 0 Å². The van der Waals surface area contributed by atoms with Crippen LogP contribution in [0.2, 0.25) is 0 Å². The van der Waals surface area contributed by atoms with Gasteiger partial charge in [-0.05, 0) is 20.8 Å². The summed E-state index contributed by atoms with van der Waals surface area (Å²) >= 11 is 0. The first kappa shape index (κ1) is 17.6. The van der Waals surface area contributed by atoms with E-state index in [0.29, 0.717) is 6.61 Å². The number of aliphatic hydroxyl groups excluding tert-OH is 3. The molecule has 0 aliphatic rings. The zero-order valence-electron chi connectivity index (χ0n) is 12.3. The maximum absolute atomic E-state index is 11.8. The molecular formula is C13H22N2O6. The van der Waals surface area contributed by atoms with E-state index < -0.39 is 36.8 Å². The van der Waals surface area contributed by atoms with E-state index in [1.54, 1.807) is 13.8 Å². The summed E-state index contributed by atoms with van der Waals surface area (Å²) in [5.41, 5.74) is -0.573. The Bertz CT molecular complexity index is 490. The van der Waals surface area contributed by atoms with E-state index in [1.165, 1.54) is 23.8 Å². The number of nitrogens with zero attached hydrogens (tertiary/aromatic N) is 2. The van der Waals surface area contributed by atoms with Crippen molar-refractivity contribution in [2.45, 2.75) is 45.3 Å². The fourth-order valence-corrected chi connectivity index (χ4v) is 1.76. The molecule has 1 aromatic rings. The third-order valence-corrected chi connectivity index (χ3v) is 2.92. The van der Waals surface area contributed by atoms with E-state index in [-0.39, 0.29) is 5.88 Å². The molecule has 21 heavy (non-hydrogen) atoms. The lowest BCUT2D eigenvalue weighted by Gasteiger charge is -2.27. The van der Waals surface area contributed by atoms with Gasteiger partial charge in [0.05, 0.1) is 19.3 Å². The van der Waals surface area contributed by atoms with Crippen molar-refractivity contribution in [1.82, 2.24) is 9.55 Å². The van der Waals surface area contributed by atoms with Crippen molar-refractivity contribution in [2.24, 2.45) is 0 Å². The average Bonchev–Trinajstić information content (AvgIpc) is 2.44. The fraction of sp³-hybridized carbons (Fsp3) is 0.692. The van der Waals surface area contributed by atoms with Crippen molar-refractivity contribution in [3.8, 4) is 5.88 Å². The van der Waals surface area contributed by atoms with Crippen LogP contribution in [0.15, 0.2) is 17.1 Å². The van der Waals surface area contributed by atoms with Crippen LogP contribution < -0.4 is 10.4 Å². The minimum Gasteiger partial charge on any atom is -0.478 e. The quantitative estimate of drug-likeness (QED) is 0.580. The summed E-state index contributed by atoms with van der Waals surface area (Å²) < 4.78 is 11.7. The standard InChI is InChI=1S/C13H22N2O6/c1-4-20-11-5-6-15(13(19)14-11)9(3)21-10(7-16)12(18)8(2)17/h5-6,8-10,12,16-18H,4,7H2,1-3H3/t8?,9?,10-,12?/m1/s1. The minimum absolute atomic E-state index is 0.216. The highest BCUT2D eigenvalue weighted by atomic mass is 16.5. The van der Waals surface area contributed by atoms with Crippen LogP contribution in [0.4, 0.5) is 0 Å². The molecule has 0 aliphatic carbocycles. The fourth-order valence-electron chi connectivity index (χ4n) is 1.76. The highest BCUT2D eigenvalue weighted by Crippen LogP contribution is 2.13. The van der Waals surface area contributed by atoms with Crippen molar-refractivity contribution in [2.75, 3.05) is 13.2 Å². The Balaban J connectivity index is 2.83. The van der Waals surface area contributed by atoms with Crippen molar-refractivity contribution in [3.05, 3.63) is 22.7 Å². The number of aromatic nitrogens is 2.